The molecule has 1 aliphatic heterocycles. The van der Waals surface area contributed by atoms with Gasteiger partial charge in [-0.05, 0) is 54.3 Å². The smallest absolute Gasteiger partial charge is 0.220 e. The highest BCUT2D eigenvalue weighted by Gasteiger charge is 2.22. The van der Waals surface area contributed by atoms with E-state index in [0.29, 0.717) is 12.8 Å². The topological polar surface area (TPSA) is 38.3 Å². The van der Waals surface area contributed by atoms with Crippen molar-refractivity contribution in [2.24, 2.45) is 0 Å². The Morgan fingerprint density at radius 1 is 1.33 bits per heavy atom. The molecular weight excluding hydrogens is 325 g/mol. The Morgan fingerprint density at radius 3 is 3.04 bits per heavy atom. The molecule has 0 aromatic heterocycles. The lowest BCUT2D eigenvalue weighted by Gasteiger charge is -2.26. The maximum atomic E-state index is 13.5. The lowest BCUT2D eigenvalue weighted by atomic mass is 10.0. The minimum atomic E-state index is -0.258. The zero-order chi connectivity index (χ0) is 16.9. The highest BCUT2D eigenvalue weighted by molar-refractivity contribution is 7.99. The lowest BCUT2D eigenvalue weighted by Crippen LogP contribution is -2.30. The Labute approximate surface area is 145 Å². The van der Waals surface area contributed by atoms with E-state index in [1.54, 1.807) is 24.9 Å². The molecule has 126 valence electrons. The van der Waals surface area contributed by atoms with Crippen LogP contribution in [0.25, 0.3) is 0 Å². The molecule has 24 heavy (non-hydrogen) atoms. The summed E-state index contributed by atoms with van der Waals surface area (Å²) in [5.74, 6) is 1.46. The van der Waals surface area contributed by atoms with Crippen LogP contribution in [0.2, 0.25) is 0 Å². The number of hydrogen-bond acceptors (Lipinski definition) is 3. The van der Waals surface area contributed by atoms with Crippen LogP contribution in [0.3, 0.4) is 0 Å². The SMILES string of the molecule is COc1cccc(CCC(=O)NC2CCSc3ccc(F)cc32)c1. The van der Waals surface area contributed by atoms with Crippen molar-refractivity contribution in [1.82, 2.24) is 5.32 Å². The van der Waals surface area contributed by atoms with Gasteiger partial charge in [-0.1, -0.05) is 12.1 Å². The third-order valence-electron chi connectivity index (χ3n) is 4.12. The molecule has 0 aliphatic carbocycles. The highest BCUT2D eigenvalue weighted by atomic mass is 32.2. The molecule has 5 heteroatoms. The number of ether oxygens (including phenoxy) is 1. The van der Waals surface area contributed by atoms with E-state index in [1.165, 1.54) is 12.1 Å². The number of fused-ring (bicyclic) bond motifs is 1. The minimum Gasteiger partial charge on any atom is -0.497 e. The van der Waals surface area contributed by atoms with Gasteiger partial charge in [0, 0.05) is 17.1 Å². The number of amides is 1. The Balaban J connectivity index is 1.60. The second-order valence-corrected chi connectivity index (χ2v) is 6.93. The van der Waals surface area contributed by atoms with Gasteiger partial charge in [0.2, 0.25) is 5.91 Å². The van der Waals surface area contributed by atoms with Crippen molar-refractivity contribution in [3.63, 3.8) is 0 Å². The van der Waals surface area contributed by atoms with Crippen LogP contribution in [0.1, 0.15) is 30.0 Å². The van der Waals surface area contributed by atoms with Crippen LogP contribution in [-0.2, 0) is 11.2 Å². The van der Waals surface area contributed by atoms with E-state index >= 15 is 0 Å². The Hall–Kier alpha value is -2.01. The van der Waals surface area contributed by atoms with Crippen molar-refractivity contribution in [2.75, 3.05) is 12.9 Å². The van der Waals surface area contributed by atoms with Crippen molar-refractivity contribution in [3.8, 4) is 5.75 Å². The maximum absolute atomic E-state index is 13.5. The first kappa shape index (κ1) is 16.8. The van der Waals surface area contributed by atoms with Gasteiger partial charge in [0.05, 0.1) is 13.2 Å². The first-order valence-electron chi connectivity index (χ1n) is 8.00. The number of carbonyl (C=O) groups excluding carboxylic acids is 1. The summed E-state index contributed by atoms with van der Waals surface area (Å²) in [6.45, 7) is 0. The van der Waals surface area contributed by atoms with Crippen molar-refractivity contribution >= 4 is 17.7 Å². The van der Waals surface area contributed by atoms with E-state index in [4.69, 9.17) is 4.74 Å². The fourth-order valence-electron chi connectivity index (χ4n) is 2.87. The molecule has 0 radical (unpaired) electrons. The van der Waals surface area contributed by atoms with Crippen LogP contribution in [0.15, 0.2) is 47.4 Å². The van der Waals surface area contributed by atoms with Crippen molar-refractivity contribution in [3.05, 3.63) is 59.4 Å². The maximum Gasteiger partial charge on any atom is 0.220 e. The van der Waals surface area contributed by atoms with Crippen LogP contribution in [0.4, 0.5) is 4.39 Å². The summed E-state index contributed by atoms with van der Waals surface area (Å²) in [4.78, 5) is 13.3. The number of aryl methyl sites for hydroxylation is 1. The predicted molar refractivity (Wildman–Crippen MR) is 93.9 cm³/mol. The average Bonchev–Trinajstić information content (AvgIpc) is 2.61. The molecule has 1 unspecified atom stereocenters. The quantitative estimate of drug-likeness (QED) is 0.886. The molecule has 1 amide bonds. The molecule has 1 heterocycles. The van der Waals surface area contributed by atoms with Gasteiger partial charge in [0.25, 0.3) is 0 Å². The summed E-state index contributed by atoms with van der Waals surface area (Å²) in [5.41, 5.74) is 1.95. The second-order valence-electron chi connectivity index (χ2n) is 5.79. The van der Waals surface area contributed by atoms with Gasteiger partial charge >= 0.3 is 0 Å². The van der Waals surface area contributed by atoms with Gasteiger partial charge in [0.15, 0.2) is 0 Å². The van der Waals surface area contributed by atoms with Gasteiger partial charge in [-0.2, -0.15) is 0 Å². The van der Waals surface area contributed by atoms with Crippen LogP contribution in [-0.4, -0.2) is 18.8 Å². The van der Waals surface area contributed by atoms with Gasteiger partial charge in [0.1, 0.15) is 11.6 Å². The minimum absolute atomic E-state index is 0.00932. The lowest BCUT2D eigenvalue weighted by molar-refractivity contribution is -0.121. The summed E-state index contributed by atoms with van der Waals surface area (Å²) in [6.07, 6.45) is 1.88. The number of halogens is 1. The molecule has 1 aliphatic rings. The van der Waals surface area contributed by atoms with Crippen LogP contribution in [0, 0.1) is 5.82 Å². The number of benzene rings is 2. The third kappa shape index (κ3) is 4.09. The molecule has 2 aromatic carbocycles. The first-order valence-corrected chi connectivity index (χ1v) is 8.99. The van der Waals surface area contributed by atoms with Crippen LogP contribution in [0.5, 0.6) is 5.75 Å². The fourth-order valence-corrected chi connectivity index (χ4v) is 3.97. The van der Waals surface area contributed by atoms with Crippen molar-refractivity contribution < 1.29 is 13.9 Å². The number of rotatable bonds is 5. The van der Waals surface area contributed by atoms with Crippen molar-refractivity contribution in [1.29, 1.82) is 0 Å². The van der Waals surface area contributed by atoms with E-state index in [2.05, 4.69) is 5.32 Å². The second kappa shape index (κ2) is 7.71. The number of carbonyl (C=O) groups is 1. The molecule has 3 rings (SSSR count). The summed E-state index contributed by atoms with van der Waals surface area (Å²) in [6, 6.07) is 12.4. The number of nitrogens with one attached hydrogen (secondary N) is 1. The van der Waals surface area contributed by atoms with E-state index in [-0.39, 0.29) is 17.8 Å². The predicted octanol–water partition coefficient (Wildman–Crippen LogP) is 4.12. The van der Waals surface area contributed by atoms with E-state index in [1.807, 2.05) is 24.3 Å². The van der Waals surface area contributed by atoms with Gasteiger partial charge in [-0.25, -0.2) is 4.39 Å². The molecular formula is C19H20FNO2S. The zero-order valence-electron chi connectivity index (χ0n) is 13.5. The van der Waals surface area contributed by atoms with Crippen LogP contribution >= 0.6 is 11.8 Å². The molecule has 0 saturated carbocycles. The first-order chi connectivity index (χ1) is 11.7. The average molecular weight is 345 g/mol. The molecule has 0 saturated heterocycles. The summed E-state index contributed by atoms with van der Waals surface area (Å²) in [5, 5.41) is 3.05. The van der Waals surface area contributed by atoms with E-state index < -0.39 is 0 Å². The fraction of sp³-hybridized carbons (Fsp3) is 0.316. The Bertz CT molecular complexity index is 735. The normalized spacial score (nSPS) is 16.3. The highest BCUT2D eigenvalue weighted by Crippen LogP contribution is 2.36. The molecule has 1 atom stereocenters. The van der Waals surface area contributed by atoms with Crippen molar-refractivity contribution in [2.45, 2.75) is 30.2 Å². The summed E-state index contributed by atoms with van der Waals surface area (Å²) < 4.78 is 18.7. The van der Waals surface area contributed by atoms with Gasteiger partial charge in [-0.15, -0.1) is 11.8 Å². The van der Waals surface area contributed by atoms with Gasteiger partial charge in [-0.3, -0.25) is 4.79 Å². The summed E-state index contributed by atoms with van der Waals surface area (Å²) >= 11 is 1.71. The Morgan fingerprint density at radius 2 is 2.21 bits per heavy atom. The molecule has 2 aromatic rings. The standard InChI is InChI=1S/C19H20FNO2S/c1-23-15-4-2-3-13(11-15)5-8-19(22)21-17-9-10-24-18-7-6-14(20)12-16(17)18/h2-4,6-7,11-12,17H,5,8-10H2,1H3,(H,21,22). The van der Waals surface area contributed by atoms with Crippen LogP contribution < -0.4 is 10.1 Å². The molecule has 0 fully saturated rings. The number of hydrogen-bond donors (Lipinski definition) is 1. The monoisotopic (exact) mass is 345 g/mol. The number of thioether (sulfide) groups is 1. The third-order valence-corrected chi connectivity index (χ3v) is 5.24. The molecule has 0 bridgehead atoms. The summed E-state index contributed by atoms with van der Waals surface area (Å²) in [7, 11) is 1.63. The molecule has 3 nitrogen and oxygen atoms in total. The largest absolute Gasteiger partial charge is 0.497 e. The molecule has 1 N–H and O–H groups in total. The van der Waals surface area contributed by atoms with Gasteiger partial charge < -0.3 is 10.1 Å². The van der Waals surface area contributed by atoms with E-state index in [0.717, 1.165) is 33.9 Å². The Kier molecular flexibility index (Phi) is 5.41. The molecule has 0 spiro atoms. The van der Waals surface area contributed by atoms with E-state index in [9.17, 15) is 9.18 Å². The zero-order valence-corrected chi connectivity index (χ0v) is 14.4. The number of methoxy groups -OCH3 is 1.